The highest BCUT2D eigenvalue weighted by molar-refractivity contribution is 6.20. The van der Waals surface area contributed by atoms with Crippen LogP contribution < -0.4 is 10.2 Å². The van der Waals surface area contributed by atoms with E-state index in [0.29, 0.717) is 12.8 Å². The zero-order valence-electron chi connectivity index (χ0n) is 16.1. The number of nitrogens with one attached hydrogen (secondary N) is 1. The third-order valence-electron chi connectivity index (χ3n) is 6.56. The number of hydrogen-bond donors (Lipinski definition) is 1. The summed E-state index contributed by atoms with van der Waals surface area (Å²) >= 11 is 0. The van der Waals surface area contributed by atoms with Gasteiger partial charge < -0.3 is 4.90 Å². The van der Waals surface area contributed by atoms with Crippen LogP contribution in [-0.4, -0.2) is 41.9 Å². The summed E-state index contributed by atoms with van der Waals surface area (Å²) in [6, 6.07) is 16.9. The van der Waals surface area contributed by atoms with Crippen LogP contribution >= 0.6 is 0 Å². The van der Waals surface area contributed by atoms with Crippen molar-refractivity contribution in [1.82, 2.24) is 10.2 Å². The van der Waals surface area contributed by atoms with Crippen molar-refractivity contribution in [2.45, 2.75) is 31.7 Å². The van der Waals surface area contributed by atoms with Crippen molar-refractivity contribution in [2.75, 3.05) is 18.0 Å². The Bertz CT molecular complexity index is 990. The number of hydrogen-bond acceptors (Lipinski definition) is 4. The van der Waals surface area contributed by atoms with Crippen molar-refractivity contribution in [1.29, 1.82) is 0 Å². The highest BCUT2D eigenvalue weighted by Gasteiger charge is 2.62. The van der Waals surface area contributed by atoms with Crippen molar-refractivity contribution in [3.8, 4) is 0 Å². The van der Waals surface area contributed by atoms with Crippen LogP contribution in [0.25, 0.3) is 0 Å². The summed E-state index contributed by atoms with van der Waals surface area (Å²) in [5.74, 6) is -0.802. The minimum absolute atomic E-state index is 0.211. The topological polar surface area (TPSA) is 69.7 Å². The molecule has 0 bridgehead atoms. The van der Waals surface area contributed by atoms with Crippen LogP contribution in [0.5, 0.6) is 0 Å². The molecule has 1 spiro atoms. The van der Waals surface area contributed by atoms with Crippen LogP contribution in [0.3, 0.4) is 0 Å². The second-order valence-corrected chi connectivity index (χ2v) is 8.08. The number of urea groups is 1. The van der Waals surface area contributed by atoms with Gasteiger partial charge in [0.25, 0.3) is 0 Å². The summed E-state index contributed by atoms with van der Waals surface area (Å²) in [5, 5.41) is 2.50. The van der Waals surface area contributed by atoms with Crippen LogP contribution in [0.15, 0.2) is 54.6 Å². The molecule has 3 aliphatic heterocycles. The van der Waals surface area contributed by atoms with Crippen molar-refractivity contribution in [3.63, 3.8) is 0 Å². The first-order valence-electron chi connectivity index (χ1n) is 10.2. The summed E-state index contributed by atoms with van der Waals surface area (Å²) < 4.78 is 0. The number of amides is 4. The van der Waals surface area contributed by atoms with Crippen LogP contribution in [0.2, 0.25) is 0 Å². The SMILES string of the molecule is O=C1NC(=O)[C@]2(Cc3ccccc3N3CCC[C@@H]32)C(=O)N1CCc1ccccc1. The molecule has 5 rings (SSSR count). The molecule has 3 heterocycles. The van der Waals surface area contributed by atoms with Crippen molar-refractivity contribution < 1.29 is 14.4 Å². The summed E-state index contributed by atoms with van der Waals surface area (Å²) in [7, 11) is 0. The maximum atomic E-state index is 13.7. The molecule has 2 atom stereocenters. The average Bonchev–Trinajstić information content (AvgIpc) is 3.23. The van der Waals surface area contributed by atoms with Crippen LogP contribution in [0.4, 0.5) is 10.5 Å². The number of fused-ring (bicyclic) bond motifs is 4. The van der Waals surface area contributed by atoms with Crippen LogP contribution in [0, 0.1) is 5.41 Å². The van der Waals surface area contributed by atoms with Gasteiger partial charge in [0, 0.05) is 18.8 Å². The Labute approximate surface area is 169 Å². The Balaban J connectivity index is 1.51. The van der Waals surface area contributed by atoms with Gasteiger partial charge in [0.1, 0.15) is 0 Å². The summed E-state index contributed by atoms with van der Waals surface area (Å²) in [6.07, 6.45) is 2.60. The van der Waals surface area contributed by atoms with Crippen molar-refractivity contribution >= 4 is 23.5 Å². The number of anilines is 1. The Hall–Kier alpha value is -3.15. The van der Waals surface area contributed by atoms with Crippen molar-refractivity contribution in [3.05, 3.63) is 65.7 Å². The maximum absolute atomic E-state index is 13.7. The number of para-hydroxylation sites is 1. The highest BCUT2D eigenvalue weighted by atomic mass is 16.2. The van der Waals surface area contributed by atoms with Gasteiger partial charge in [-0.15, -0.1) is 0 Å². The third kappa shape index (κ3) is 2.66. The van der Waals surface area contributed by atoms with Gasteiger partial charge in [-0.1, -0.05) is 48.5 Å². The van der Waals surface area contributed by atoms with E-state index in [9.17, 15) is 14.4 Å². The van der Waals surface area contributed by atoms with Crippen molar-refractivity contribution in [2.24, 2.45) is 5.41 Å². The Morgan fingerprint density at radius 2 is 1.76 bits per heavy atom. The molecule has 0 aromatic heterocycles. The average molecular weight is 389 g/mol. The molecule has 0 saturated carbocycles. The third-order valence-corrected chi connectivity index (χ3v) is 6.56. The molecule has 1 N–H and O–H groups in total. The Kier molecular flexibility index (Phi) is 4.15. The predicted octanol–water partition coefficient (Wildman–Crippen LogP) is 2.52. The fourth-order valence-electron chi connectivity index (χ4n) is 5.17. The summed E-state index contributed by atoms with van der Waals surface area (Å²) in [5.41, 5.74) is 1.91. The van der Waals surface area contributed by atoms with E-state index in [0.717, 1.165) is 36.2 Å². The zero-order chi connectivity index (χ0) is 20.0. The second-order valence-electron chi connectivity index (χ2n) is 8.08. The number of carbonyl (C=O) groups excluding carboxylic acids is 3. The van der Waals surface area contributed by atoms with Gasteiger partial charge in [-0.25, -0.2) is 4.79 Å². The lowest BCUT2D eigenvalue weighted by molar-refractivity contribution is -0.153. The first-order chi connectivity index (χ1) is 14.1. The summed E-state index contributed by atoms with van der Waals surface area (Å²) in [4.78, 5) is 42.9. The maximum Gasteiger partial charge on any atom is 0.330 e. The largest absolute Gasteiger partial charge is 0.367 e. The predicted molar refractivity (Wildman–Crippen MR) is 108 cm³/mol. The smallest absolute Gasteiger partial charge is 0.330 e. The molecule has 2 fully saturated rings. The van der Waals surface area contributed by atoms with E-state index < -0.39 is 17.4 Å². The molecule has 2 saturated heterocycles. The fraction of sp³-hybridized carbons (Fsp3) is 0.348. The first-order valence-corrected chi connectivity index (χ1v) is 10.2. The Morgan fingerprint density at radius 1 is 1.00 bits per heavy atom. The van der Waals surface area contributed by atoms with Gasteiger partial charge in [0.05, 0.1) is 6.04 Å². The molecular formula is C23H23N3O3. The lowest BCUT2D eigenvalue weighted by atomic mass is 9.68. The number of nitrogens with zero attached hydrogens (tertiary/aromatic N) is 2. The summed E-state index contributed by atoms with van der Waals surface area (Å²) in [6.45, 7) is 1.08. The second kappa shape index (κ2) is 6.72. The van der Waals surface area contributed by atoms with E-state index in [1.165, 1.54) is 4.90 Å². The van der Waals surface area contributed by atoms with Gasteiger partial charge in [0.2, 0.25) is 11.8 Å². The molecule has 3 aliphatic rings. The van der Waals surface area contributed by atoms with Gasteiger partial charge in [-0.3, -0.25) is 19.8 Å². The lowest BCUT2D eigenvalue weighted by Gasteiger charge is -2.49. The number of imide groups is 2. The molecular weight excluding hydrogens is 366 g/mol. The van der Waals surface area contributed by atoms with Crippen LogP contribution in [-0.2, 0) is 22.4 Å². The number of benzene rings is 2. The number of carbonyl (C=O) groups is 3. The molecule has 148 valence electrons. The molecule has 2 aromatic rings. The Morgan fingerprint density at radius 3 is 2.59 bits per heavy atom. The van der Waals surface area contributed by atoms with E-state index >= 15 is 0 Å². The van der Waals surface area contributed by atoms with Gasteiger partial charge in [-0.2, -0.15) is 0 Å². The van der Waals surface area contributed by atoms with E-state index in [1.54, 1.807) is 0 Å². The van der Waals surface area contributed by atoms with E-state index in [-0.39, 0.29) is 18.5 Å². The number of rotatable bonds is 3. The van der Waals surface area contributed by atoms with Gasteiger partial charge in [0.15, 0.2) is 5.41 Å². The van der Waals surface area contributed by atoms with E-state index in [1.807, 2.05) is 48.5 Å². The molecule has 6 heteroatoms. The highest BCUT2D eigenvalue weighted by Crippen LogP contribution is 2.48. The minimum Gasteiger partial charge on any atom is -0.367 e. The quantitative estimate of drug-likeness (QED) is 0.819. The standard InChI is InChI=1S/C23H23N3O3/c27-20-23(15-17-9-4-5-10-18(17)25-13-6-11-19(23)25)21(28)26(22(29)24-20)14-12-16-7-2-1-3-8-16/h1-5,7-10,19H,6,11-15H2,(H,24,27,29)/t19-,23-/m1/s1. The molecule has 6 nitrogen and oxygen atoms in total. The molecule has 4 amide bonds. The first kappa shape index (κ1) is 17.9. The normalized spacial score (nSPS) is 25.8. The molecule has 2 aromatic carbocycles. The minimum atomic E-state index is -1.24. The molecule has 29 heavy (non-hydrogen) atoms. The number of barbiturate groups is 1. The zero-order valence-corrected chi connectivity index (χ0v) is 16.1. The van der Waals surface area contributed by atoms with Gasteiger partial charge >= 0.3 is 6.03 Å². The molecule has 0 unspecified atom stereocenters. The molecule has 0 radical (unpaired) electrons. The fourth-order valence-corrected chi connectivity index (χ4v) is 5.17. The van der Waals surface area contributed by atoms with Gasteiger partial charge in [-0.05, 0) is 42.9 Å². The van der Waals surface area contributed by atoms with E-state index in [4.69, 9.17) is 0 Å². The van der Waals surface area contributed by atoms with Crippen LogP contribution in [0.1, 0.15) is 24.0 Å². The lowest BCUT2D eigenvalue weighted by Crippen LogP contribution is -2.71. The monoisotopic (exact) mass is 389 g/mol. The molecule has 0 aliphatic carbocycles. The van der Waals surface area contributed by atoms with E-state index in [2.05, 4.69) is 16.3 Å².